The van der Waals surface area contributed by atoms with Gasteiger partial charge in [0, 0.05) is 18.2 Å². The van der Waals surface area contributed by atoms with Crippen molar-refractivity contribution in [2.75, 3.05) is 0 Å². The average molecular weight is 353 g/mol. The molecule has 1 N–H and O–H groups in total. The molecular formula is C16H17ClN2O5. The van der Waals surface area contributed by atoms with Gasteiger partial charge in [-0.05, 0) is 31.5 Å². The monoisotopic (exact) mass is 352 g/mol. The minimum Gasteiger partial charge on any atom is -0.484 e. The van der Waals surface area contributed by atoms with E-state index in [0.717, 1.165) is 6.42 Å². The number of amides is 1. The first-order chi connectivity index (χ1) is 11.4. The Morgan fingerprint density at radius 3 is 2.79 bits per heavy atom. The third-order valence-corrected chi connectivity index (χ3v) is 3.67. The number of carbonyl (C=O) groups is 1. The molecule has 1 unspecified atom stereocenters. The lowest BCUT2D eigenvalue weighted by Crippen LogP contribution is -2.31. The summed E-state index contributed by atoms with van der Waals surface area (Å²) in [5.74, 6) is 0.649. The Morgan fingerprint density at radius 1 is 1.42 bits per heavy atom. The van der Waals surface area contributed by atoms with Gasteiger partial charge in [-0.15, -0.1) is 0 Å². The van der Waals surface area contributed by atoms with Crippen LogP contribution in [0.3, 0.4) is 0 Å². The number of nitrogens with one attached hydrogen (secondary N) is 1. The Bertz CT molecular complexity index is 744. The van der Waals surface area contributed by atoms with Gasteiger partial charge in [0.2, 0.25) is 0 Å². The Hall–Kier alpha value is -2.54. The lowest BCUT2D eigenvalue weighted by atomic mass is 10.2. The zero-order chi connectivity index (χ0) is 17.7. The number of hydrogen-bond acceptors (Lipinski definition) is 5. The van der Waals surface area contributed by atoms with Crippen LogP contribution in [0.25, 0.3) is 0 Å². The van der Waals surface area contributed by atoms with Crippen LogP contribution in [0.4, 0.5) is 5.69 Å². The summed E-state index contributed by atoms with van der Waals surface area (Å²) in [6, 6.07) is 7.18. The predicted octanol–water partition coefficient (Wildman–Crippen LogP) is 3.95. The highest BCUT2D eigenvalue weighted by molar-refractivity contribution is 6.32. The summed E-state index contributed by atoms with van der Waals surface area (Å²) in [4.78, 5) is 22.1. The van der Waals surface area contributed by atoms with Gasteiger partial charge < -0.3 is 14.5 Å². The Balaban J connectivity index is 1.98. The van der Waals surface area contributed by atoms with Crippen LogP contribution in [0, 0.1) is 10.1 Å². The second-order valence-corrected chi connectivity index (χ2v) is 5.62. The van der Waals surface area contributed by atoms with E-state index < -0.39 is 4.92 Å². The van der Waals surface area contributed by atoms with Crippen LogP contribution in [0.5, 0.6) is 5.75 Å². The number of carbonyl (C=O) groups excluding carboxylic acids is 1. The maximum absolute atomic E-state index is 11.9. The molecule has 128 valence electrons. The van der Waals surface area contributed by atoms with E-state index in [4.69, 9.17) is 20.8 Å². The van der Waals surface area contributed by atoms with Crippen molar-refractivity contribution >= 4 is 23.2 Å². The summed E-state index contributed by atoms with van der Waals surface area (Å²) in [7, 11) is 0. The fourth-order valence-corrected chi connectivity index (χ4v) is 2.07. The van der Waals surface area contributed by atoms with Gasteiger partial charge in [0.05, 0.1) is 9.95 Å². The van der Waals surface area contributed by atoms with E-state index in [1.54, 1.807) is 12.1 Å². The van der Waals surface area contributed by atoms with Gasteiger partial charge in [-0.1, -0.05) is 18.5 Å². The Morgan fingerprint density at radius 2 is 2.17 bits per heavy atom. The third kappa shape index (κ3) is 4.48. The molecule has 0 bridgehead atoms. The second-order valence-electron chi connectivity index (χ2n) is 5.21. The highest BCUT2D eigenvalue weighted by Gasteiger charge is 2.14. The number of halogens is 1. The SMILES string of the molecule is CCC(C)NC(=O)c1ccc(COc2ccc([N+](=O)[O-])cc2Cl)o1. The van der Waals surface area contributed by atoms with Crippen LogP contribution in [-0.2, 0) is 6.61 Å². The first-order valence-electron chi connectivity index (χ1n) is 7.37. The van der Waals surface area contributed by atoms with Crippen molar-refractivity contribution in [2.45, 2.75) is 32.9 Å². The van der Waals surface area contributed by atoms with Gasteiger partial charge in [0.15, 0.2) is 5.76 Å². The summed E-state index contributed by atoms with van der Waals surface area (Å²) in [6.45, 7) is 3.93. The summed E-state index contributed by atoms with van der Waals surface area (Å²) < 4.78 is 10.9. The number of non-ortho nitro benzene ring substituents is 1. The number of nitro benzene ring substituents is 1. The molecule has 0 saturated heterocycles. The van der Waals surface area contributed by atoms with Crippen molar-refractivity contribution in [1.29, 1.82) is 0 Å². The lowest BCUT2D eigenvalue weighted by Gasteiger charge is -2.09. The first-order valence-corrected chi connectivity index (χ1v) is 7.74. The van der Waals surface area contributed by atoms with Gasteiger partial charge >= 0.3 is 0 Å². The number of furan rings is 1. The van der Waals surface area contributed by atoms with Crippen LogP contribution in [0.15, 0.2) is 34.7 Å². The molecule has 2 aromatic rings. The number of rotatable bonds is 7. The highest BCUT2D eigenvalue weighted by Crippen LogP contribution is 2.29. The summed E-state index contributed by atoms with van der Waals surface area (Å²) in [6.07, 6.45) is 0.820. The average Bonchev–Trinajstić information content (AvgIpc) is 3.02. The van der Waals surface area contributed by atoms with Gasteiger partial charge in [-0.25, -0.2) is 0 Å². The number of ether oxygens (including phenoxy) is 1. The molecular weight excluding hydrogens is 336 g/mol. The topological polar surface area (TPSA) is 94.6 Å². The van der Waals surface area contributed by atoms with E-state index in [1.807, 2.05) is 13.8 Å². The molecule has 0 radical (unpaired) electrons. The number of nitrogens with zero attached hydrogens (tertiary/aromatic N) is 1. The predicted molar refractivity (Wildman–Crippen MR) is 88.4 cm³/mol. The Kier molecular flexibility index (Phi) is 5.81. The second kappa shape index (κ2) is 7.83. The zero-order valence-corrected chi connectivity index (χ0v) is 14.0. The third-order valence-electron chi connectivity index (χ3n) is 3.37. The fourth-order valence-electron chi connectivity index (χ4n) is 1.84. The van der Waals surface area contributed by atoms with Crippen LogP contribution in [0.1, 0.15) is 36.6 Å². The smallest absolute Gasteiger partial charge is 0.287 e. The van der Waals surface area contributed by atoms with E-state index in [-0.39, 0.29) is 35.0 Å². The van der Waals surface area contributed by atoms with Crippen LogP contribution >= 0.6 is 11.6 Å². The molecule has 1 aromatic carbocycles. The van der Waals surface area contributed by atoms with Gasteiger partial charge in [0.1, 0.15) is 18.1 Å². The lowest BCUT2D eigenvalue weighted by molar-refractivity contribution is -0.384. The molecule has 0 aliphatic rings. The van der Waals surface area contributed by atoms with Crippen molar-refractivity contribution in [3.63, 3.8) is 0 Å². The van der Waals surface area contributed by atoms with Crippen molar-refractivity contribution in [3.05, 3.63) is 57.0 Å². The molecule has 1 amide bonds. The molecule has 7 nitrogen and oxygen atoms in total. The van der Waals surface area contributed by atoms with Crippen molar-refractivity contribution in [2.24, 2.45) is 0 Å². The largest absolute Gasteiger partial charge is 0.484 e. The maximum atomic E-state index is 11.9. The number of benzene rings is 1. The molecule has 8 heteroatoms. The fraction of sp³-hybridized carbons (Fsp3) is 0.312. The standard InChI is InChI=1S/C16H17ClN2O5/c1-3-10(2)18-16(20)15-7-5-12(24-15)9-23-14-6-4-11(19(21)22)8-13(14)17/h4-8,10H,3,9H2,1-2H3,(H,18,20). The molecule has 0 spiro atoms. The van der Waals surface area contributed by atoms with Gasteiger partial charge in [0.25, 0.3) is 11.6 Å². The van der Waals surface area contributed by atoms with Crippen molar-refractivity contribution in [1.82, 2.24) is 5.32 Å². The zero-order valence-electron chi connectivity index (χ0n) is 13.2. The first kappa shape index (κ1) is 17.8. The molecule has 1 heterocycles. The Labute approximate surface area is 143 Å². The van der Waals surface area contributed by atoms with Crippen molar-refractivity contribution in [3.8, 4) is 5.75 Å². The quantitative estimate of drug-likeness (QED) is 0.601. The molecule has 1 atom stereocenters. The van der Waals surface area contributed by atoms with E-state index in [9.17, 15) is 14.9 Å². The van der Waals surface area contributed by atoms with Gasteiger partial charge in [-0.3, -0.25) is 14.9 Å². The molecule has 2 rings (SSSR count). The summed E-state index contributed by atoms with van der Waals surface area (Å²) in [5, 5.41) is 13.6. The number of hydrogen-bond donors (Lipinski definition) is 1. The molecule has 0 aliphatic carbocycles. The molecule has 0 aliphatic heterocycles. The minimum absolute atomic E-state index is 0.0497. The number of nitro groups is 1. The van der Waals surface area contributed by atoms with Crippen LogP contribution in [-0.4, -0.2) is 16.9 Å². The van der Waals surface area contributed by atoms with E-state index in [2.05, 4.69) is 5.32 Å². The van der Waals surface area contributed by atoms with Crippen LogP contribution in [0.2, 0.25) is 5.02 Å². The van der Waals surface area contributed by atoms with Gasteiger partial charge in [-0.2, -0.15) is 0 Å². The van der Waals surface area contributed by atoms with Crippen molar-refractivity contribution < 1.29 is 18.9 Å². The maximum Gasteiger partial charge on any atom is 0.287 e. The normalized spacial score (nSPS) is 11.8. The molecule has 24 heavy (non-hydrogen) atoms. The van der Waals surface area contributed by atoms with E-state index >= 15 is 0 Å². The highest BCUT2D eigenvalue weighted by atomic mass is 35.5. The minimum atomic E-state index is -0.537. The summed E-state index contributed by atoms with van der Waals surface area (Å²) >= 11 is 5.94. The molecule has 1 aromatic heterocycles. The molecule has 0 fully saturated rings. The van der Waals surface area contributed by atoms with E-state index in [0.29, 0.717) is 11.5 Å². The molecule has 0 saturated carbocycles. The van der Waals surface area contributed by atoms with E-state index in [1.165, 1.54) is 18.2 Å². The van der Waals surface area contributed by atoms with Crippen LogP contribution < -0.4 is 10.1 Å². The summed E-state index contributed by atoms with van der Waals surface area (Å²) in [5.41, 5.74) is -0.116.